The Hall–Kier alpha value is -1.66. The summed E-state index contributed by atoms with van der Waals surface area (Å²) in [7, 11) is 0. The van der Waals surface area contributed by atoms with Crippen molar-refractivity contribution in [2.45, 2.75) is 13.5 Å². The first-order chi connectivity index (χ1) is 8.06. The third-order valence-electron chi connectivity index (χ3n) is 2.29. The molecule has 0 atom stereocenters. The number of hydrogen-bond donors (Lipinski definition) is 2. The average Bonchev–Trinajstić information content (AvgIpc) is 2.26. The maximum absolute atomic E-state index is 11.4. The van der Waals surface area contributed by atoms with E-state index in [1.54, 1.807) is 11.5 Å². The molecule has 0 spiro atoms. The Morgan fingerprint density at radius 1 is 1.47 bits per heavy atom. The summed E-state index contributed by atoms with van der Waals surface area (Å²) in [6, 6.07) is 1.29. The minimum absolute atomic E-state index is 0.0521. The molecule has 6 heteroatoms. The molecule has 1 aromatic heterocycles. The van der Waals surface area contributed by atoms with Gasteiger partial charge in [0.2, 0.25) is 0 Å². The quantitative estimate of drug-likeness (QED) is 0.677. The summed E-state index contributed by atoms with van der Waals surface area (Å²) in [5.41, 5.74) is -0.0760. The van der Waals surface area contributed by atoms with Gasteiger partial charge in [0.25, 0.3) is 0 Å². The number of pyridine rings is 1. The Kier molecular flexibility index (Phi) is 4.86. The number of rotatable bonds is 6. The first kappa shape index (κ1) is 13.4. The second-order valence-electron chi connectivity index (χ2n) is 3.53. The van der Waals surface area contributed by atoms with Gasteiger partial charge in [-0.15, -0.1) is 0 Å². The molecule has 2 N–H and O–H groups in total. The van der Waals surface area contributed by atoms with Crippen LogP contribution in [0.15, 0.2) is 17.1 Å². The Balaban J connectivity index is 2.81. The van der Waals surface area contributed by atoms with E-state index in [0.29, 0.717) is 18.8 Å². The monoisotopic (exact) mass is 241 g/mol. The number of aliphatic hydroxyl groups is 1. The van der Waals surface area contributed by atoms with Crippen molar-refractivity contribution >= 4 is 5.97 Å². The maximum Gasteiger partial charge on any atom is 0.341 e. The predicted octanol–water partition coefficient (Wildman–Crippen LogP) is -0.136. The first-order valence-electron chi connectivity index (χ1n) is 5.19. The molecular weight excluding hydrogens is 226 g/mol. The number of aromatic carboxylic acids is 1. The normalized spacial score (nSPS) is 10.5. The molecule has 0 saturated heterocycles. The van der Waals surface area contributed by atoms with Gasteiger partial charge in [0.15, 0.2) is 5.43 Å². The zero-order valence-electron chi connectivity index (χ0n) is 9.55. The molecule has 1 aromatic rings. The summed E-state index contributed by atoms with van der Waals surface area (Å²) >= 11 is 0. The number of carbonyl (C=O) groups is 1. The zero-order chi connectivity index (χ0) is 12.8. The van der Waals surface area contributed by atoms with Gasteiger partial charge in [0, 0.05) is 24.5 Å². The largest absolute Gasteiger partial charge is 0.477 e. The van der Waals surface area contributed by atoms with Crippen LogP contribution in [0.5, 0.6) is 0 Å². The van der Waals surface area contributed by atoms with Crippen LogP contribution in [0, 0.1) is 6.92 Å². The highest BCUT2D eigenvalue weighted by Crippen LogP contribution is 1.99. The van der Waals surface area contributed by atoms with Crippen molar-refractivity contribution in [3.8, 4) is 0 Å². The van der Waals surface area contributed by atoms with Crippen LogP contribution in [0.3, 0.4) is 0 Å². The Bertz CT molecular complexity index is 452. The lowest BCUT2D eigenvalue weighted by Crippen LogP contribution is -2.20. The van der Waals surface area contributed by atoms with Crippen LogP contribution in [-0.2, 0) is 11.3 Å². The Labute approximate surface area is 98.1 Å². The van der Waals surface area contributed by atoms with Crippen LogP contribution in [-0.4, -0.2) is 40.6 Å². The molecule has 0 aliphatic rings. The van der Waals surface area contributed by atoms with Crippen LogP contribution < -0.4 is 5.43 Å². The van der Waals surface area contributed by atoms with Gasteiger partial charge in [-0.2, -0.15) is 0 Å². The van der Waals surface area contributed by atoms with Crippen LogP contribution >= 0.6 is 0 Å². The molecule has 0 bridgehead atoms. The lowest BCUT2D eigenvalue weighted by molar-refractivity contribution is 0.0693. The van der Waals surface area contributed by atoms with E-state index in [4.69, 9.17) is 14.9 Å². The lowest BCUT2D eigenvalue weighted by atomic mass is 10.2. The third-order valence-corrected chi connectivity index (χ3v) is 2.29. The summed E-state index contributed by atoms with van der Waals surface area (Å²) in [4.78, 5) is 22.1. The number of nitrogens with zero attached hydrogens (tertiary/aromatic N) is 1. The summed E-state index contributed by atoms with van der Waals surface area (Å²) in [6.45, 7) is 2.70. The van der Waals surface area contributed by atoms with E-state index >= 15 is 0 Å². The number of carboxylic acid groups (broad SMARTS) is 1. The van der Waals surface area contributed by atoms with E-state index in [-0.39, 0.29) is 18.8 Å². The van der Waals surface area contributed by atoms with E-state index in [2.05, 4.69) is 0 Å². The van der Waals surface area contributed by atoms with Crippen LogP contribution in [0.2, 0.25) is 0 Å². The van der Waals surface area contributed by atoms with E-state index in [1.807, 2.05) is 0 Å². The van der Waals surface area contributed by atoms with Crippen molar-refractivity contribution in [1.29, 1.82) is 0 Å². The third kappa shape index (κ3) is 3.69. The lowest BCUT2D eigenvalue weighted by Gasteiger charge is -2.11. The first-order valence-corrected chi connectivity index (χ1v) is 5.19. The Morgan fingerprint density at radius 2 is 2.18 bits per heavy atom. The molecule has 1 rings (SSSR count). The van der Waals surface area contributed by atoms with Crippen LogP contribution in [0.4, 0.5) is 0 Å². The predicted molar refractivity (Wildman–Crippen MR) is 60.3 cm³/mol. The zero-order valence-corrected chi connectivity index (χ0v) is 9.55. The molecule has 0 aliphatic carbocycles. The molecule has 1 heterocycles. The number of carboxylic acids is 1. The molecule has 0 saturated carbocycles. The highest BCUT2D eigenvalue weighted by molar-refractivity contribution is 5.87. The number of ether oxygens (including phenoxy) is 1. The second kappa shape index (κ2) is 6.17. The molecule has 17 heavy (non-hydrogen) atoms. The number of hydrogen-bond acceptors (Lipinski definition) is 4. The van der Waals surface area contributed by atoms with Gasteiger partial charge in [-0.05, 0) is 6.92 Å². The molecule has 94 valence electrons. The van der Waals surface area contributed by atoms with Crippen molar-refractivity contribution < 1.29 is 19.7 Å². The maximum atomic E-state index is 11.4. The summed E-state index contributed by atoms with van der Waals surface area (Å²) in [6.07, 6.45) is 1.31. The summed E-state index contributed by atoms with van der Waals surface area (Å²) < 4.78 is 6.72. The number of aryl methyl sites for hydroxylation is 1. The van der Waals surface area contributed by atoms with Crippen LogP contribution in [0.25, 0.3) is 0 Å². The fourth-order valence-corrected chi connectivity index (χ4v) is 1.40. The molecule has 0 aliphatic heterocycles. The molecule has 0 unspecified atom stereocenters. The van der Waals surface area contributed by atoms with Gasteiger partial charge in [0.05, 0.1) is 19.8 Å². The molecule has 0 fully saturated rings. The highest BCUT2D eigenvalue weighted by Gasteiger charge is 2.10. The fourth-order valence-electron chi connectivity index (χ4n) is 1.40. The van der Waals surface area contributed by atoms with Gasteiger partial charge in [0.1, 0.15) is 5.56 Å². The summed E-state index contributed by atoms with van der Waals surface area (Å²) in [5.74, 6) is -1.24. The van der Waals surface area contributed by atoms with Crippen molar-refractivity contribution in [2.24, 2.45) is 0 Å². The topological polar surface area (TPSA) is 88.8 Å². The van der Waals surface area contributed by atoms with Gasteiger partial charge >= 0.3 is 5.97 Å². The Morgan fingerprint density at radius 3 is 2.76 bits per heavy atom. The van der Waals surface area contributed by atoms with E-state index < -0.39 is 11.4 Å². The highest BCUT2D eigenvalue weighted by atomic mass is 16.5. The van der Waals surface area contributed by atoms with Gasteiger partial charge in [-0.25, -0.2) is 4.79 Å². The van der Waals surface area contributed by atoms with Crippen molar-refractivity contribution in [3.63, 3.8) is 0 Å². The number of aliphatic hydroxyl groups excluding tert-OH is 1. The second-order valence-corrected chi connectivity index (χ2v) is 3.53. The smallest absolute Gasteiger partial charge is 0.341 e. The van der Waals surface area contributed by atoms with Gasteiger partial charge in [-0.1, -0.05) is 0 Å². The van der Waals surface area contributed by atoms with E-state index in [1.165, 1.54) is 12.3 Å². The van der Waals surface area contributed by atoms with Crippen LogP contribution in [0.1, 0.15) is 16.1 Å². The minimum Gasteiger partial charge on any atom is -0.477 e. The number of aromatic nitrogens is 1. The van der Waals surface area contributed by atoms with Gasteiger partial charge < -0.3 is 19.5 Å². The van der Waals surface area contributed by atoms with E-state index in [9.17, 15) is 9.59 Å². The molecular formula is C11H15NO5. The minimum atomic E-state index is -1.24. The standard InChI is InChI=1S/C11H15NO5/c1-8-6-10(14)9(11(15)16)7-12(8)2-4-17-5-3-13/h6-7,13H,2-5H2,1H3,(H,15,16). The van der Waals surface area contributed by atoms with E-state index in [0.717, 1.165) is 0 Å². The fraction of sp³-hybridized carbons (Fsp3) is 0.455. The average molecular weight is 241 g/mol. The molecule has 0 aromatic carbocycles. The van der Waals surface area contributed by atoms with Gasteiger partial charge in [-0.3, -0.25) is 4.79 Å². The molecule has 0 radical (unpaired) electrons. The molecule has 0 amide bonds. The van der Waals surface area contributed by atoms with Crippen molar-refractivity contribution in [2.75, 3.05) is 19.8 Å². The van der Waals surface area contributed by atoms with Crippen molar-refractivity contribution in [3.05, 3.63) is 33.7 Å². The molecule has 6 nitrogen and oxygen atoms in total. The summed E-state index contributed by atoms with van der Waals surface area (Å²) in [5, 5.41) is 17.3. The van der Waals surface area contributed by atoms with Crippen molar-refractivity contribution in [1.82, 2.24) is 4.57 Å². The SMILES string of the molecule is Cc1cc(=O)c(C(=O)O)cn1CCOCCO.